The predicted molar refractivity (Wildman–Crippen MR) is 105 cm³/mol. The molecule has 0 unspecified atom stereocenters. The Labute approximate surface area is 156 Å². The van der Waals surface area contributed by atoms with Crippen molar-refractivity contribution < 1.29 is 4.79 Å². The molecule has 1 amide bonds. The minimum absolute atomic E-state index is 0.00473. The largest absolute Gasteiger partial charge is 0.349 e. The van der Waals surface area contributed by atoms with Crippen LogP contribution in [0.25, 0.3) is 11.0 Å². The number of rotatable bonds is 3. The summed E-state index contributed by atoms with van der Waals surface area (Å²) < 4.78 is 0. The zero-order valence-electron chi connectivity index (χ0n) is 14.9. The quantitative estimate of drug-likeness (QED) is 0.762. The van der Waals surface area contributed by atoms with Crippen molar-refractivity contribution in [1.29, 1.82) is 0 Å². The highest BCUT2D eigenvalue weighted by molar-refractivity contribution is 8.04. The molecule has 2 aliphatic rings. The van der Waals surface area contributed by atoms with E-state index in [0.29, 0.717) is 0 Å². The molecular formula is C18H24N6OS. The highest BCUT2D eigenvalue weighted by atomic mass is 32.2. The number of carbonyl (C=O) groups excluding carboxylic acids is 1. The van der Waals surface area contributed by atoms with Crippen molar-refractivity contribution in [2.45, 2.75) is 44.7 Å². The van der Waals surface area contributed by atoms with Crippen molar-refractivity contribution in [3.63, 3.8) is 0 Å². The van der Waals surface area contributed by atoms with Gasteiger partial charge in [-0.05, 0) is 38.2 Å². The Morgan fingerprint density at radius 1 is 1.42 bits per heavy atom. The molecule has 1 fully saturated rings. The topological polar surface area (TPSA) is 99.9 Å². The van der Waals surface area contributed by atoms with Crippen molar-refractivity contribution >= 4 is 34.5 Å². The van der Waals surface area contributed by atoms with Gasteiger partial charge in [0.15, 0.2) is 0 Å². The van der Waals surface area contributed by atoms with Gasteiger partial charge in [0.1, 0.15) is 17.8 Å². The highest BCUT2D eigenvalue weighted by Gasteiger charge is 2.25. The summed E-state index contributed by atoms with van der Waals surface area (Å²) in [5.41, 5.74) is 7.96. The lowest BCUT2D eigenvalue weighted by Crippen LogP contribution is -2.43. The lowest BCUT2D eigenvalue weighted by Gasteiger charge is -2.29. The van der Waals surface area contributed by atoms with Gasteiger partial charge in [-0.15, -0.1) is 11.8 Å². The van der Waals surface area contributed by atoms with Crippen molar-refractivity contribution in [3.05, 3.63) is 29.2 Å². The summed E-state index contributed by atoms with van der Waals surface area (Å²) >= 11 is 1.60. The molecule has 138 valence electrons. The molecule has 2 aromatic heterocycles. The molecule has 0 spiro atoms. The third kappa shape index (κ3) is 3.43. The second kappa shape index (κ2) is 7.28. The van der Waals surface area contributed by atoms with E-state index in [9.17, 15) is 4.79 Å². The first-order valence-corrected chi connectivity index (χ1v) is 10.1. The summed E-state index contributed by atoms with van der Waals surface area (Å²) in [5.74, 6) is 1.69. The second-order valence-electron chi connectivity index (χ2n) is 7.02. The molecule has 2 aromatic rings. The molecule has 4 rings (SSSR count). The molecule has 1 saturated carbocycles. The third-order valence-corrected chi connectivity index (χ3v) is 6.04. The van der Waals surface area contributed by atoms with Crippen molar-refractivity contribution in [2.75, 3.05) is 17.2 Å². The van der Waals surface area contributed by atoms with Gasteiger partial charge < -0.3 is 20.9 Å². The van der Waals surface area contributed by atoms with E-state index < -0.39 is 0 Å². The fraction of sp³-hybridized carbons (Fsp3) is 0.500. The zero-order chi connectivity index (χ0) is 18.1. The smallest absolute Gasteiger partial charge is 0.259 e. The van der Waals surface area contributed by atoms with Crippen LogP contribution < -0.4 is 16.0 Å². The molecule has 1 aliphatic carbocycles. The van der Waals surface area contributed by atoms with Crippen molar-refractivity contribution in [2.24, 2.45) is 5.73 Å². The molecule has 4 N–H and O–H groups in total. The number of hydrogen-bond acceptors (Lipinski definition) is 6. The minimum Gasteiger partial charge on any atom is -0.349 e. The van der Waals surface area contributed by atoms with Crippen molar-refractivity contribution in [3.8, 4) is 0 Å². The number of H-pyrrole nitrogens is 1. The highest BCUT2D eigenvalue weighted by Crippen LogP contribution is 2.31. The molecule has 7 nitrogen and oxygen atoms in total. The summed E-state index contributed by atoms with van der Waals surface area (Å²) in [6.07, 6.45) is 9.42. The number of anilines is 1. The first-order chi connectivity index (χ1) is 12.6. The van der Waals surface area contributed by atoms with Crippen LogP contribution in [0.5, 0.6) is 0 Å². The first kappa shape index (κ1) is 17.4. The normalized spacial score (nSPS) is 23.8. The lowest BCUT2D eigenvalue weighted by atomic mass is 9.91. The van der Waals surface area contributed by atoms with Crippen LogP contribution in [0.2, 0.25) is 0 Å². The number of amides is 1. The van der Waals surface area contributed by atoms with Crippen LogP contribution in [0.1, 0.15) is 31.2 Å². The van der Waals surface area contributed by atoms with Crippen LogP contribution in [0.15, 0.2) is 23.6 Å². The van der Waals surface area contributed by atoms with Gasteiger partial charge >= 0.3 is 0 Å². The van der Waals surface area contributed by atoms with Gasteiger partial charge in [0.2, 0.25) is 0 Å². The number of hydrogen-bond donors (Lipinski definition) is 3. The van der Waals surface area contributed by atoms with Crippen LogP contribution in [0, 0.1) is 6.92 Å². The monoisotopic (exact) mass is 372 g/mol. The molecule has 8 heteroatoms. The predicted octanol–water partition coefficient (Wildman–Crippen LogP) is 2.05. The molecule has 0 bridgehead atoms. The summed E-state index contributed by atoms with van der Waals surface area (Å²) in [6, 6.07) is 0.380. The maximum Gasteiger partial charge on any atom is 0.259 e. The summed E-state index contributed by atoms with van der Waals surface area (Å²) in [5, 5.41) is 4.17. The number of nitrogens with one attached hydrogen (secondary N) is 2. The van der Waals surface area contributed by atoms with Gasteiger partial charge in [0.05, 0.1) is 10.3 Å². The van der Waals surface area contributed by atoms with Crippen molar-refractivity contribution in [1.82, 2.24) is 20.3 Å². The maximum absolute atomic E-state index is 12.7. The first-order valence-electron chi connectivity index (χ1n) is 9.08. The fourth-order valence-corrected chi connectivity index (χ4v) is 4.62. The average Bonchev–Trinajstić information content (AvgIpc) is 3.03. The molecule has 0 radical (unpaired) electrons. The van der Waals surface area contributed by atoms with Gasteiger partial charge in [-0.1, -0.05) is 0 Å². The fourth-order valence-electron chi connectivity index (χ4n) is 3.72. The van der Waals surface area contributed by atoms with Gasteiger partial charge in [0, 0.05) is 36.8 Å². The number of thioether (sulfide) groups is 1. The minimum atomic E-state index is -0.00473. The van der Waals surface area contributed by atoms with Crippen LogP contribution in [-0.4, -0.2) is 45.2 Å². The molecule has 26 heavy (non-hydrogen) atoms. The molecular weight excluding hydrogens is 348 g/mol. The summed E-state index contributed by atoms with van der Waals surface area (Å²) in [7, 11) is 0. The van der Waals surface area contributed by atoms with Crippen LogP contribution >= 0.6 is 11.8 Å². The third-order valence-electron chi connectivity index (χ3n) is 5.06. The molecule has 3 heterocycles. The maximum atomic E-state index is 12.7. The zero-order valence-corrected chi connectivity index (χ0v) is 15.7. The summed E-state index contributed by atoms with van der Waals surface area (Å²) in [4.78, 5) is 27.4. The Morgan fingerprint density at radius 2 is 2.31 bits per heavy atom. The van der Waals surface area contributed by atoms with Gasteiger partial charge in [-0.2, -0.15) is 0 Å². The molecule has 2 atom stereocenters. The Kier molecular flexibility index (Phi) is 4.86. The van der Waals surface area contributed by atoms with Crippen LogP contribution in [-0.2, 0) is 4.79 Å². The van der Waals surface area contributed by atoms with Crippen LogP contribution in [0.3, 0.4) is 0 Å². The van der Waals surface area contributed by atoms with E-state index in [1.165, 1.54) is 0 Å². The van der Waals surface area contributed by atoms with Crippen LogP contribution in [0.4, 0.5) is 5.82 Å². The van der Waals surface area contributed by atoms with E-state index in [1.807, 2.05) is 19.3 Å². The lowest BCUT2D eigenvalue weighted by molar-refractivity contribution is -0.117. The van der Waals surface area contributed by atoms with Gasteiger partial charge in [-0.25, -0.2) is 9.97 Å². The average molecular weight is 372 g/mol. The standard InChI is InChI=1S/C18H24N6OS/c1-11-8-20-16-15(11)17(22-10-21-16)24-5-6-26-14(9-24)18(25)23-13-4-2-3-12(19)7-13/h8-10,12-13H,2-7,19H2,1H3,(H,23,25)(H,20,21,22)/t12-,13+/m1/s1. The molecule has 1 aliphatic heterocycles. The van der Waals surface area contributed by atoms with E-state index in [-0.39, 0.29) is 18.0 Å². The van der Waals surface area contributed by atoms with E-state index in [2.05, 4.69) is 25.2 Å². The molecule has 0 aromatic carbocycles. The van der Waals surface area contributed by atoms with E-state index in [4.69, 9.17) is 5.73 Å². The Balaban J connectivity index is 1.55. The number of nitrogens with zero attached hydrogens (tertiary/aromatic N) is 3. The number of aromatic nitrogens is 3. The van der Waals surface area contributed by atoms with Gasteiger partial charge in [-0.3, -0.25) is 4.79 Å². The summed E-state index contributed by atoms with van der Waals surface area (Å²) in [6.45, 7) is 2.85. The Hall–Kier alpha value is -2.06. The van der Waals surface area contributed by atoms with E-state index in [1.54, 1.807) is 18.1 Å². The number of carbonyl (C=O) groups is 1. The van der Waals surface area contributed by atoms with E-state index >= 15 is 0 Å². The number of aryl methyl sites for hydroxylation is 1. The SMILES string of the molecule is Cc1c[nH]c2ncnc(N3C=C(C(=O)N[C@H]4CCC[C@@H](N)C4)SCC3)c12. The number of nitrogens with two attached hydrogens (primary N) is 1. The Morgan fingerprint density at radius 3 is 3.15 bits per heavy atom. The second-order valence-corrected chi connectivity index (χ2v) is 8.16. The molecule has 0 saturated heterocycles. The number of aromatic amines is 1. The van der Waals surface area contributed by atoms with E-state index in [0.717, 1.165) is 65.3 Å². The Bertz CT molecular complexity index is 847. The number of fused-ring (bicyclic) bond motifs is 1. The van der Waals surface area contributed by atoms with Gasteiger partial charge in [0.25, 0.3) is 5.91 Å².